The molecule has 0 fully saturated rings. The fourth-order valence-corrected chi connectivity index (χ4v) is 4.72. The number of aromatic amines is 1. The normalized spacial score (nSPS) is 11.2. The molecule has 0 aliphatic carbocycles. The predicted octanol–water partition coefficient (Wildman–Crippen LogP) is 7.39. The Labute approximate surface area is 197 Å². The minimum atomic E-state index is -0.143. The highest BCUT2D eigenvalue weighted by Gasteiger charge is 2.19. The molecule has 0 saturated heterocycles. The van der Waals surface area contributed by atoms with Gasteiger partial charge in [0.15, 0.2) is 0 Å². The van der Waals surface area contributed by atoms with Crippen LogP contribution in [0.3, 0.4) is 0 Å². The molecule has 0 aliphatic rings. The van der Waals surface area contributed by atoms with Crippen molar-refractivity contribution in [3.8, 4) is 33.5 Å². The van der Waals surface area contributed by atoms with Crippen molar-refractivity contribution >= 4 is 21.8 Å². The van der Waals surface area contributed by atoms with E-state index < -0.39 is 0 Å². The maximum Gasteiger partial charge on any atom is 0.258 e. The monoisotopic (exact) mass is 438 g/mol. The summed E-state index contributed by atoms with van der Waals surface area (Å²) >= 11 is 0. The molecule has 0 unspecified atom stereocenters. The van der Waals surface area contributed by atoms with Crippen molar-refractivity contribution in [2.75, 3.05) is 0 Å². The Balaban J connectivity index is 1.75. The van der Waals surface area contributed by atoms with E-state index in [2.05, 4.69) is 48.3 Å². The van der Waals surface area contributed by atoms with Crippen LogP contribution in [0.25, 0.3) is 55.3 Å². The van der Waals surface area contributed by atoms with Gasteiger partial charge in [-0.15, -0.1) is 0 Å². The summed E-state index contributed by atoms with van der Waals surface area (Å²) in [6, 6.07) is 36.6. The molecule has 2 heterocycles. The first-order valence-corrected chi connectivity index (χ1v) is 11.4. The molecule has 0 spiro atoms. The lowest BCUT2D eigenvalue weighted by molar-refractivity contribution is 1.28. The number of nitrogens with zero attached hydrogens (tertiary/aromatic N) is 1. The minimum absolute atomic E-state index is 0.143. The number of aryl methyl sites for hydroxylation is 1. The fraction of sp³-hybridized carbons (Fsp3) is 0.0323. The lowest BCUT2D eigenvalue weighted by atomic mass is 9.92. The van der Waals surface area contributed by atoms with Gasteiger partial charge < -0.3 is 4.98 Å². The summed E-state index contributed by atoms with van der Waals surface area (Å²) in [5, 5.41) is 2.07. The second-order valence-corrected chi connectivity index (χ2v) is 8.56. The highest BCUT2D eigenvalue weighted by molar-refractivity contribution is 6.04. The van der Waals surface area contributed by atoms with Gasteiger partial charge >= 0.3 is 0 Å². The van der Waals surface area contributed by atoms with E-state index in [1.54, 1.807) is 0 Å². The molecule has 3 heteroatoms. The van der Waals surface area contributed by atoms with Gasteiger partial charge in [0.25, 0.3) is 5.56 Å². The van der Waals surface area contributed by atoms with Crippen LogP contribution in [-0.4, -0.2) is 9.97 Å². The molecule has 0 saturated carbocycles. The smallest absolute Gasteiger partial charge is 0.258 e. The molecule has 0 radical (unpaired) electrons. The molecule has 0 bridgehead atoms. The first kappa shape index (κ1) is 20.1. The topological polar surface area (TPSA) is 45.8 Å². The van der Waals surface area contributed by atoms with Crippen molar-refractivity contribution in [2.24, 2.45) is 0 Å². The molecule has 6 rings (SSSR count). The lowest BCUT2D eigenvalue weighted by Gasteiger charge is -2.15. The molecule has 1 N–H and O–H groups in total. The van der Waals surface area contributed by atoms with Gasteiger partial charge in [0, 0.05) is 21.9 Å². The molecular weight excluding hydrogens is 416 g/mol. The van der Waals surface area contributed by atoms with E-state index in [0.717, 1.165) is 44.1 Å². The first-order valence-electron chi connectivity index (χ1n) is 11.4. The Morgan fingerprint density at radius 3 is 2.09 bits per heavy atom. The number of fused-ring (bicyclic) bond motifs is 2. The molecule has 34 heavy (non-hydrogen) atoms. The van der Waals surface area contributed by atoms with Crippen LogP contribution < -0.4 is 5.56 Å². The fourth-order valence-electron chi connectivity index (χ4n) is 4.72. The standard InChI is InChI=1S/C31H22N2O/c1-20-16-17-27-25(18-20)24(21-10-4-2-5-11-21)19-28(32-27)30-29(22-12-6-3-7-13-22)23-14-8-9-15-26(23)33-31(30)34/h2-19H,1H3,(H,33,34). The largest absolute Gasteiger partial charge is 0.321 e. The summed E-state index contributed by atoms with van der Waals surface area (Å²) in [6.07, 6.45) is 0. The maximum atomic E-state index is 13.6. The quantitative estimate of drug-likeness (QED) is 0.313. The van der Waals surface area contributed by atoms with E-state index in [-0.39, 0.29) is 5.56 Å². The van der Waals surface area contributed by atoms with E-state index in [1.807, 2.05) is 72.8 Å². The van der Waals surface area contributed by atoms with Gasteiger partial charge in [-0.25, -0.2) is 4.98 Å². The van der Waals surface area contributed by atoms with Crippen LogP contribution in [0.2, 0.25) is 0 Å². The number of nitrogens with one attached hydrogen (secondary N) is 1. The maximum absolute atomic E-state index is 13.6. The van der Waals surface area contributed by atoms with Crippen LogP contribution in [-0.2, 0) is 0 Å². The molecule has 2 aromatic heterocycles. The summed E-state index contributed by atoms with van der Waals surface area (Å²) in [4.78, 5) is 21.7. The second-order valence-electron chi connectivity index (χ2n) is 8.56. The Bertz CT molecular complexity index is 1720. The van der Waals surface area contributed by atoms with E-state index in [1.165, 1.54) is 5.56 Å². The molecule has 0 aliphatic heterocycles. The van der Waals surface area contributed by atoms with Crippen LogP contribution in [0.5, 0.6) is 0 Å². The van der Waals surface area contributed by atoms with Crippen molar-refractivity contribution in [1.29, 1.82) is 0 Å². The van der Waals surface area contributed by atoms with Crippen molar-refractivity contribution in [3.63, 3.8) is 0 Å². The van der Waals surface area contributed by atoms with Crippen LogP contribution in [0.1, 0.15) is 5.56 Å². The highest BCUT2D eigenvalue weighted by atomic mass is 16.1. The molecule has 162 valence electrons. The number of H-pyrrole nitrogens is 1. The van der Waals surface area contributed by atoms with Gasteiger partial charge in [-0.2, -0.15) is 0 Å². The van der Waals surface area contributed by atoms with Crippen molar-refractivity contribution in [1.82, 2.24) is 9.97 Å². The number of rotatable bonds is 3. The molecule has 0 amide bonds. The Hall–Kier alpha value is -4.50. The van der Waals surface area contributed by atoms with Crippen LogP contribution >= 0.6 is 0 Å². The van der Waals surface area contributed by atoms with Gasteiger partial charge in [-0.1, -0.05) is 90.5 Å². The number of pyridine rings is 2. The van der Waals surface area contributed by atoms with Crippen molar-refractivity contribution < 1.29 is 0 Å². The van der Waals surface area contributed by atoms with Crippen LogP contribution in [0.4, 0.5) is 0 Å². The van der Waals surface area contributed by atoms with Gasteiger partial charge in [0.05, 0.1) is 16.8 Å². The summed E-state index contributed by atoms with van der Waals surface area (Å²) in [5.74, 6) is 0. The molecule has 4 aromatic carbocycles. The third kappa shape index (κ3) is 3.39. The lowest BCUT2D eigenvalue weighted by Crippen LogP contribution is -2.12. The third-order valence-corrected chi connectivity index (χ3v) is 6.29. The Kier molecular flexibility index (Phi) is 4.81. The van der Waals surface area contributed by atoms with E-state index in [0.29, 0.717) is 11.3 Å². The zero-order chi connectivity index (χ0) is 23.1. The minimum Gasteiger partial charge on any atom is -0.321 e. The van der Waals surface area contributed by atoms with Gasteiger partial charge in [0.2, 0.25) is 0 Å². The average Bonchev–Trinajstić information content (AvgIpc) is 2.88. The molecular formula is C31H22N2O. The summed E-state index contributed by atoms with van der Waals surface area (Å²) in [6.45, 7) is 2.09. The number of para-hydroxylation sites is 1. The molecule has 0 atom stereocenters. The number of hydrogen-bond donors (Lipinski definition) is 1. The number of hydrogen-bond acceptors (Lipinski definition) is 2. The zero-order valence-electron chi connectivity index (χ0n) is 18.7. The SMILES string of the molecule is Cc1ccc2nc(-c3c(-c4ccccc4)c4ccccc4[nH]c3=O)cc(-c3ccccc3)c2c1. The third-order valence-electron chi connectivity index (χ3n) is 6.29. The first-order chi connectivity index (χ1) is 16.7. The Morgan fingerprint density at radius 2 is 1.32 bits per heavy atom. The predicted molar refractivity (Wildman–Crippen MR) is 141 cm³/mol. The van der Waals surface area contributed by atoms with E-state index >= 15 is 0 Å². The average molecular weight is 439 g/mol. The number of benzene rings is 4. The zero-order valence-corrected chi connectivity index (χ0v) is 18.7. The Morgan fingerprint density at radius 1 is 0.647 bits per heavy atom. The van der Waals surface area contributed by atoms with Gasteiger partial charge in [-0.05, 0) is 47.9 Å². The van der Waals surface area contributed by atoms with Gasteiger partial charge in [0.1, 0.15) is 0 Å². The van der Waals surface area contributed by atoms with Crippen molar-refractivity contribution in [3.05, 3.63) is 125 Å². The van der Waals surface area contributed by atoms with Crippen LogP contribution in [0, 0.1) is 6.92 Å². The molecule has 3 nitrogen and oxygen atoms in total. The van der Waals surface area contributed by atoms with Crippen LogP contribution in [0.15, 0.2) is 114 Å². The number of aromatic nitrogens is 2. The highest BCUT2D eigenvalue weighted by Crippen LogP contribution is 2.37. The van der Waals surface area contributed by atoms with E-state index in [9.17, 15) is 4.79 Å². The molecule has 6 aromatic rings. The van der Waals surface area contributed by atoms with E-state index in [4.69, 9.17) is 4.98 Å². The second kappa shape index (κ2) is 8.13. The van der Waals surface area contributed by atoms with Gasteiger partial charge in [-0.3, -0.25) is 4.79 Å². The summed E-state index contributed by atoms with van der Waals surface area (Å²) < 4.78 is 0. The summed E-state index contributed by atoms with van der Waals surface area (Å²) in [7, 11) is 0. The van der Waals surface area contributed by atoms with Crippen molar-refractivity contribution in [2.45, 2.75) is 6.92 Å². The summed E-state index contributed by atoms with van der Waals surface area (Å²) in [5.41, 5.74) is 8.03.